The van der Waals surface area contributed by atoms with Gasteiger partial charge in [0.1, 0.15) is 11.6 Å². The van der Waals surface area contributed by atoms with Crippen LogP contribution in [-0.2, 0) is 0 Å². The van der Waals surface area contributed by atoms with Crippen LogP contribution in [0.4, 0.5) is 10.1 Å². The molecule has 0 atom stereocenters. The van der Waals surface area contributed by atoms with Crippen LogP contribution in [0.5, 0.6) is 11.8 Å². The number of halogens is 1. The van der Waals surface area contributed by atoms with Crippen LogP contribution >= 0.6 is 0 Å². The molecule has 31 heavy (non-hydrogen) atoms. The van der Waals surface area contributed by atoms with Crippen molar-refractivity contribution in [3.8, 4) is 28.8 Å². The molecule has 3 aromatic carbocycles. The van der Waals surface area contributed by atoms with E-state index >= 15 is 0 Å². The summed E-state index contributed by atoms with van der Waals surface area (Å²) in [6.07, 6.45) is 0. The minimum absolute atomic E-state index is 0.214. The van der Waals surface area contributed by atoms with Crippen LogP contribution in [0.2, 0.25) is 0 Å². The number of rotatable bonds is 6. The zero-order chi connectivity index (χ0) is 21.8. The minimum Gasteiger partial charge on any atom is -0.497 e. The van der Waals surface area contributed by atoms with E-state index < -0.39 is 5.82 Å². The van der Waals surface area contributed by atoms with Gasteiger partial charge in [-0.1, -0.05) is 6.07 Å². The standard InChI is InChI=1S/C23H19FN4O3/c1-30-20-12-8-15(9-13-20)21-26-23(31-2)27-28(21)19-5-3-4-18(14-19)25-22(29)16-6-10-17(24)11-7-16/h3-14H,1-2H3,(H,25,29). The molecule has 0 fully saturated rings. The number of benzene rings is 3. The van der Waals surface area contributed by atoms with Crippen molar-refractivity contribution in [2.45, 2.75) is 0 Å². The van der Waals surface area contributed by atoms with Gasteiger partial charge in [0.15, 0.2) is 5.82 Å². The quantitative estimate of drug-likeness (QED) is 0.504. The molecule has 1 N–H and O–H groups in total. The molecule has 0 saturated heterocycles. The summed E-state index contributed by atoms with van der Waals surface area (Å²) in [6, 6.07) is 20.1. The lowest BCUT2D eigenvalue weighted by molar-refractivity contribution is 0.102. The predicted molar refractivity (Wildman–Crippen MR) is 114 cm³/mol. The summed E-state index contributed by atoms with van der Waals surface area (Å²) >= 11 is 0. The number of carbonyl (C=O) groups excluding carboxylic acids is 1. The zero-order valence-corrected chi connectivity index (χ0v) is 16.9. The Morgan fingerprint density at radius 1 is 0.968 bits per heavy atom. The molecule has 0 unspecified atom stereocenters. The SMILES string of the molecule is COc1ccc(-c2nc(OC)nn2-c2cccc(NC(=O)c3ccc(F)cc3)c2)cc1. The first kappa shape index (κ1) is 20.1. The maximum Gasteiger partial charge on any atom is 0.336 e. The van der Waals surface area contributed by atoms with Crippen LogP contribution in [0.15, 0.2) is 72.8 Å². The number of nitrogens with zero attached hydrogens (tertiary/aromatic N) is 3. The summed E-state index contributed by atoms with van der Waals surface area (Å²) in [5.74, 6) is 0.558. The van der Waals surface area contributed by atoms with E-state index in [-0.39, 0.29) is 11.9 Å². The number of hydrogen-bond donors (Lipinski definition) is 1. The number of carbonyl (C=O) groups is 1. The topological polar surface area (TPSA) is 78.3 Å². The molecule has 0 aliphatic heterocycles. The van der Waals surface area contributed by atoms with Crippen molar-refractivity contribution >= 4 is 11.6 Å². The highest BCUT2D eigenvalue weighted by Crippen LogP contribution is 2.26. The van der Waals surface area contributed by atoms with Crippen LogP contribution in [0.25, 0.3) is 17.1 Å². The van der Waals surface area contributed by atoms with Gasteiger partial charge < -0.3 is 14.8 Å². The number of amides is 1. The lowest BCUT2D eigenvalue weighted by atomic mass is 10.2. The summed E-state index contributed by atoms with van der Waals surface area (Å²) < 4.78 is 25.2. The molecule has 0 saturated carbocycles. The monoisotopic (exact) mass is 418 g/mol. The molecular weight excluding hydrogens is 399 g/mol. The molecule has 4 rings (SSSR count). The van der Waals surface area contributed by atoms with Crippen molar-refractivity contribution in [2.75, 3.05) is 19.5 Å². The van der Waals surface area contributed by atoms with Crippen LogP contribution in [-0.4, -0.2) is 34.9 Å². The fourth-order valence-corrected chi connectivity index (χ4v) is 3.01. The molecule has 0 spiro atoms. The minimum atomic E-state index is -0.398. The lowest BCUT2D eigenvalue weighted by Crippen LogP contribution is -2.12. The Morgan fingerprint density at radius 3 is 2.39 bits per heavy atom. The van der Waals surface area contributed by atoms with Gasteiger partial charge in [0.2, 0.25) is 0 Å². The van der Waals surface area contributed by atoms with Gasteiger partial charge in [-0.05, 0) is 66.7 Å². The maximum absolute atomic E-state index is 13.1. The van der Waals surface area contributed by atoms with Gasteiger partial charge in [0.05, 0.1) is 19.9 Å². The number of hydrogen-bond acceptors (Lipinski definition) is 5. The average Bonchev–Trinajstić information content (AvgIpc) is 3.24. The van der Waals surface area contributed by atoms with Gasteiger partial charge in [-0.25, -0.2) is 9.07 Å². The molecule has 0 radical (unpaired) electrons. The van der Waals surface area contributed by atoms with Crippen LogP contribution in [0, 0.1) is 5.82 Å². The highest BCUT2D eigenvalue weighted by atomic mass is 19.1. The molecule has 0 bridgehead atoms. The molecule has 156 valence electrons. The molecule has 0 aliphatic carbocycles. The van der Waals surface area contributed by atoms with Gasteiger partial charge in [0.25, 0.3) is 5.91 Å². The van der Waals surface area contributed by atoms with E-state index in [2.05, 4.69) is 15.4 Å². The van der Waals surface area contributed by atoms with Crippen molar-refractivity contribution in [1.29, 1.82) is 0 Å². The van der Waals surface area contributed by atoms with E-state index in [0.717, 1.165) is 11.3 Å². The normalized spacial score (nSPS) is 10.5. The van der Waals surface area contributed by atoms with Crippen molar-refractivity contribution in [3.63, 3.8) is 0 Å². The Bertz CT molecular complexity index is 1200. The van der Waals surface area contributed by atoms with Gasteiger partial charge >= 0.3 is 6.01 Å². The third kappa shape index (κ3) is 4.37. The number of nitrogens with one attached hydrogen (secondary N) is 1. The van der Waals surface area contributed by atoms with Gasteiger partial charge in [0, 0.05) is 16.8 Å². The van der Waals surface area contributed by atoms with Crippen LogP contribution in [0.1, 0.15) is 10.4 Å². The first-order valence-electron chi connectivity index (χ1n) is 9.40. The zero-order valence-electron chi connectivity index (χ0n) is 16.9. The highest BCUT2D eigenvalue weighted by molar-refractivity contribution is 6.04. The summed E-state index contributed by atoms with van der Waals surface area (Å²) in [7, 11) is 3.10. The summed E-state index contributed by atoms with van der Waals surface area (Å²) in [4.78, 5) is 16.9. The second-order valence-electron chi connectivity index (χ2n) is 6.57. The fourth-order valence-electron chi connectivity index (χ4n) is 3.01. The van der Waals surface area contributed by atoms with E-state index in [0.29, 0.717) is 22.8 Å². The molecule has 1 aromatic heterocycles. The highest BCUT2D eigenvalue weighted by Gasteiger charge is 2.15. The second-order valence-corrected chi connectivity index (χ2v) is 6.57. The predicted octanol–water partition coefficient (Wildman–Crippen LogP) is 4.34. The first-order chi connectivity index (χ1) is 15.1. The maximum atomic E-state index is 13.1. The van der Waals surface area contributed by atoms with Crippen LogP contribution in [0.3, 0.4) is 0 Å². The summed E-state index contributed by atoms with van der Waals surface area (Å²) in [6.45, 7) is 0. The number of ether oxygens (including phenoxy) is 2. The third-order valence-corrected chi connectivity index (χ3v) is 4.57. The largest absolute Gasteiger partial charge is 0.497 e. The Kier molecular flexibility index (Phi) is 5.61. The van der Waals surface area contributed by atoms with E-state index in [1.165, 1.54) is 31.4 Å². The third-order valence-electron chi connectivity index (χ3n) is 4.57. The Morgan fingerprint density at radius 2 is 1.71 bits per heavy atom. The molecule has 0 aliphatic rings. The van der Waals surface area contributed by atoms with Gasteiger partial charge in [-0.3, -0.25) is 4.79 Å². The molecule has 1 heterocycles. The Hall–Kier alpha value is -4.20. The number of aromatic nitrogens is 3. The number of methoxy groups -OCH3 is 2. The molecule has 8 heteroatoms. The molecule has 1 amide bonds. The van der Waals surface area contributed by atoms with Gasteiger partial charge in [-0.2, -0.15) is 4.98 Å². The van der Waals surface area contributed by atoms with Crippen molar-refractivity contribution in [1.82, 2.24) is 14.8 Å². The fraction of sp³-hybridized carbons (Fsp3) is 0.0870. The van der Waals surface area contributed by atoms with E-state index in [4.69, 9.17) is 9.47 Å². The molecule has 7 nitrogen and oxygen atoms in total. The molecular formula is C23H19FN4O3. The Balaban J connectivity index is 1.66. The van der Waals surface area contributed by atoms with E-state index in [1.54, 1.807) is 30.0 Å². The lowest BCUT2D eigenvalue weighted by Gasteiger charge is -2.10. The molecule has 4 aromatic rings. The Labute approximate surface area is 178 Å². The number of anilines is 1. The van der Waals surface area contributed by atoms with Gasteiger partial charge in [-0.15, -0.1) is 5.10 Å². The summed E-state index contributed by atoms with van der Waals surface area (Å²) in [5.41, 5.74) is 2.41. The average molecular weight is 418 g/mol. The van der Waals surface area contributed by atoms with E-state index in [1.807, 2.05) is 30.3 Å². The first-order valence-corrected chi connectivity index (χ1v) is 9.40. The van der Waals surface area contributed by atoms with Crippen LogP contribution < -0.4 is 14.8 Å². The second kappa shape index (κ2) is 8.66. The van der Waals surface area contributed by atoms with Crippen molar-refractivity contribution in [2.24, 2.45) is 0 Å². The summed E-state index contributed by atoms with van der Waals surface area (Å²) in [5, 5.41) is 7.22. The van der Waals surface area contributed by atoms with Crippen molar-refractivity contribution < 1.29 is 18.7 Å². The smallest absolute Gasteiger partial charge is 0.336 e. The van der Waals surface area contributed by atoms with Crippen molar-refractivity contribution in [3.05, 3.63) is 84.2 Å². The van der Waals surface area contributed by atoms with E-state index in [9.17, 15) is 9.18 Å².